The van der Waals surface area contributed by atoms with E-state index < -0.39 is 0 Å². The van der Waals surface area contributed by atoms with Gasteiger partial charge < -0.3 is 0 Å². The molecule has 1 saturated heterocycles. The first kappa shape index (κ1) is 17.1. The number of ether oxygens (including phenoxy) is 1. The van der Waals surface area contributed by atoms with Gasteiger partial charge in [-0.2, -0.15) is 0 Å². The number of hydrogen-bond acceptors (Lipinski definition) is 2. The van der Waals surface area contributed by atoms with E-state index in [1.165, 1.54) is 10.0 Å². The van der Waals surface area contributed by atoms with Crippen molar-refractivity contribution in [2.45, 2.75) is 23.3 Å². The predicted molar refractivity (Wildman–Crippen MR) is 105 cm³/mol. The third-order valence-corrected chi connectivity index (χ3v) is 7.50. The monoisotopic (exact) mass is 408 g/mol. The van der Waals surface area contributed by atoms with Gasteiger partial charge in [0, 0.05) is 0 Å². The molecule has 1 aliphatic rings. The van der Waals surface area contributed by atoms with Gasteiger partial charge >= 0.3 is 160 Å². The number of rotatable bonds is 4. The molecule has 3 aromatic rings. The number of carbonyl (C=O) groups is 1. The van der Waals surface area contributed by atoms with Gasteiger partial charge in [-0.3, -0.25) is 0 Å². The van der Waals surface area contributed by atoms with Gasteiger partial charge in [0.25, 0.3) is 0 Å². The van der Waals surface area contributed by atoms with E-state index in [0.29, 0.717) is 0 Å². The van der Waals surface area contributed by atoms with E-state index in [0.717, 1.165) is 12.0 Å². The van der Waals surface area contributed by atoms with E-state index in [9.17, 15) is 4.79 Å². The van der Waals surface area contributed by atoms with Crippen molar-refractivity contribution in [3.8, 4) is 0 Å². The normalized spacial score (nSPS) is 22.6. The maximum atomic E-state index is 13.0. The van der Waals surface area contributed by atoms with Crippen molar-refractivity contribution in [1.82, 2.24) is 0 Å². The minimum atomic E-state index is -0.170. The van der Waals surface area contributed by atoms with Gasteiger partial charge in [-0.15, -0.1) is 0 Å². The summed E-state index contributed by atoms with van der Waals surface area (Å²) in [6, 6.07) is 30.8. The summed E-state index contributed by atoms with van der Waals surface area (Å²) in [5, 5.41) is 0. The van der Waals surface area contributed by atoms with Crippen LogP contribution >= 0.6 is 0 Å². The van der Waals surface area contributed by atoms with Crippen LogP contribution in [0.4, 0.5) is 0 Å². The Bertz CT molecular complexity index is 849. The zero-order valence-electron chi connectivity index (χ0n) is 14.3. The fourth-order valence-electron chi connectivity index (χ4n) is 3.43. The molecule has 0 unspecified atom stereocenters. The number of esters is 1. The molecule has 4 rings (SSSR count). The topological polar surface area (TPSA) is 26.3 Å². The Labute approximate surface area is 160 Å². The molecule has 2 nitrogen and oxygen atoms in total. The third kappa shape index (κ3) is 3.74. The van der Waals surface area contributed by atoms with Crippen molar-refractivity contribution in [3.63, 3.8) is 0 Å². The molecule has 0 N–H and O–H groups in total. The zero-order valence-corrected chi connectivity index (χ0v) is 16.0. The van der Waals surface area contributed by atoms with Gasteiger partial charge in [0.1, 0.15) is 0 Å². The van der Waals surface area contributed by atoms with Gasteiger partial charge in [-0.05, 0) is 0 Å². The molecule has 130 valence electrons. The number of cyclic esters (lactones) is 1. The number of hydrogen-bond donors (Lipinski definition) is 0. The van der Waals surface area contributed by atoms with Crippen molar-refractivity contribution in [2.75, 3.05) is 0 Å². The van der Waals surface area contributed by atoms with Gasteiger partial charge in [-0.25, -0.2) is 0 Å². The minimum absolute atomic E-state index is 0.0422. The molecule has 0 aliphatic carbocycles. The van der Waals surface area contributed by atoms with Crippen LogP contribution in [-0.4, -0.2) is 20.9 Å². The molecule has 1 heterocycles. The molecular weight excluding hydrogens is 387 g/mol. The molecule has 3 heteroatoms. The van der Waals surface area contributed by atoms with Crippen LogP contribution in [0.5, 0.6) is 0 Å². The summed E-state index contributed by atoms with van der Waals surface area (Å²) in [6.45, 7) is 0. The van der Waals surface area contributed by atoms with Gasteiger partial charge in [-0.1, -0.05) is 0 Å². The Morgan fingerprint density at radius 1 is 0.731 bits per heavy atom. The Balaban J connectivity index is 1.65. The molecule has 1 fully saturated rings. The molecule has 1 aliphatic heterocycles. The zero-order chi connectivity index (χ0) is 17.8. The Hall–Kier alpha value is -2.35. The van der Waals surface area contributed by atoms with Crippen LogP contribution in [0, 0.1) is 0 Å². The van der Waals surface area contributed by atoms with Crippen molar-refractivity contribution < 1.29 is 9.53 Å². The van der Waals surface area contributed by atoms with Crippen molar-refractivity contribution in [2.24, 2.45) is 0 Å². The molecular formula is C23H20O2Se. The van der Waals surface area contributed by atoms with Crippen molar-refractivity contribution in [3.05, 3.63) is 102 Å². The quantitative estimate of drug-likeness (QED) is 0.477. The molecule has 3 atom stereocenters. The van der Waals surface area contributed by atoms with Crippen LogP contribution in [0.1, 0.15) is 29.6 Å². The Morgan fingerprint density at radius 3 is 1.88 bits per heavy atom. The second kappa shape index (κ2) is 7.90. The number of benzene rings is 3. The summed E-state index contributed by atoms with van der Waals surface area (Å²) >= 11 is 0.0422. The van der Waals surface area contributed by atoms with Crippen LogP contribution in [0.2, 0.25) is 4.82 Å². The molecule has 0 saturated carbocycles. The molecule has 26 heavy (non-hydrogen) atoms. The summed E-state index contributed by atoms with van der Waals surface area (Å²) < 4.78 is 7.12. The van der Waals surface area contributed by atoms with E-state index in [4.69, 9.17) is 4.74 Å². The van der Waals surface area contributed by atoms with E-state index in [-0.39, 0.29) is 37.8 Å². The molecule has 0 aromatic heterocycles. The average Bonchev–Trinajstić information content (AvgIpc) is 2.71. The summed E-state index contributed by atoms with van der Waals surface area (Å²) in [5.41, 5.74) is 2.31. The SMILES string of the molecule is O=C1O[C@@H](c2ccccc2)C[C@@H](c2ccccc2)[C@@H]1[Se]c1ccccc1. The van der Waals surface area contributed by atoms with E-state index in [1.807, 2.05) is 54.6 Å². The Kier molecular flexibility index (Phi) is 5.19. The fraction of sp³-hybridized carbons (Fsp3) is 0.174. The number of carbonyl (C=O) groups excluding carboxylic acids is 1. The second-order valence-electron chi connectivity index (χ2n) is 6.44. The average molecular weight is 407 g/mol. The standard InChI is InChI=1S/C23H20O2Se/c24-23-22(26-19-14-8-3-9-15-19)20(17-10-4-1-5-11-17)16-21(25-23)18-12-6-2-7-13-18/h1-15,20-22H,16H2/t20-,21+,22-/m0/s1. The molecule has 0 spiro atoms. The summed E-state index contributed by atoms with van der Waals surface area (Å²) in [7, 11) is 0. The van der Waals surface area contributed by atoms with Crippen molar-refractivity contribution >= 4 is 25.4 Å². The third-order valence-electron chi connectivity index (χ3n) is 4.73. The van der Waals surface area contributed by atoms with Crippen LogP contribution in [0.25, 0.3) is 0 Å². The summed E-state index contributed by atoms with van der Waals surface area (Å²) in [5.74, 6) is 0.116. The van der Waals surface area contributed by atoms with Crippen LogP contribution < -0.4 is 4.46 Å². The van der Waals surface area contributed by atoms with Gasteiger partial charge in [0.05, 0.1) is 0 Å². The van der Waals surface area contributed by atoms with Crippen molar-refractivity contribution in [1.29, 1.82) is 0 Å². The van der Waals surface area contributed by atoms with E-state index in [1.54, 1.807) is 0 Å². The first-order valence-corrected chi connectivity index (χ1v) is 10.7. The fourth-order valence-corrected chi connectivity index (χ4v) is 5.93. The van der Waals surface area contributed by atoms with Crippen LogP contribution in [0.3, 0.4) is 0 Å². The molecule has 0 bridgehead atoms. The summed E-state index contributed by atoms with van der Waals surface area (Å²) in [6.07, 6.45) is 0.663. The van der Waals surface area contributed by atoms with Crippen LogP contribution in [0.15, 0.2) is 91.0 Å². The predicted octanol–water partition coefficient (Wildman–Crippen LogP) is 4.28. The van der Waals surface area contributed by atoms with Gasteiger partial charge in [0.2, 0.25) is 0 Å². The second-order valence-corrected chi connectivity index (χ2v) is 8.99. The Morgan fingerprint density at radius 2 is 1.27 bits per heavy atom. The van der Waals surface area contributed by atoms with Crippen LogP contribution in [-0.2, 0) is 9.53 Å². The van der Waals surface area contributed by atoms with Gasteiger partial charge in [0.15, 0.2) is 0 Å². The first-order chi connectivity index (χ1) is 12.8. The van der Waals surface area contributed by atoms with E-state index >= 15 is 0 Å². The molecule has 0 amide bonds. The molecule has 0 radical (unpaired) electrons. The summed E-state index contributed by atoms with van der Waals surface area (Å²) in [4.78, 5) is 12.9. The molecule has 3 aromatic carbocycles. The maximum absolute atomic E-state index is 13.0. The van der Waals surface area contributed by atoms with E-state index in [2.05, 4.69) is 36.4 Å². The first-order valence-electron chi connectivity index (χ1n) is 8.83.